The summed E-state index contributed by atoms with van der Waals surface area (Å²) >= 11 is 0. The number of hydrogen-bond acceptors (Lipinski definition) is 5. The van der Waals surface area contributed by atoms with Crippen LogP contribution < -0.4 is 9.64 Å². The molecule has 2 aliphatic heterocycles. The largest absolute Gasteiger partial charge is 0.497 e. The van der Waals surface area contributed by atoms with Crippen LogP contribution in [-0.2, 0) is 17.8 Å². The van der Waals surface area contributed by atoms with Gasteiger partial charge in [0.25, 0.3) is 5.91 Å². The molecule has 0 bridgehead atoms. The Labute approximate surface area is 193 Å². The summed E-state index contributed by atoms with van der Waals surface area (Å²) in [6.07, 6.45) is 2.00. The van der Waals surface area contributed by atoms with Gasteiger partial charge >= 0.3 is 0 Å². The molecular weight excluding hydrogens is 418 g/mol. The molecule has 2 aliphatic rings. The highest BCUT2D eigenvalue weighted by atomic mass is 16.5. The molecular formula is C26H27N3O4. The Balaban J connectivity index is 1.32. The lowest BCUT2D eigenvalue weighted by Crippen LogP contribution is -2.57. The molecule has 0 radical (unpaired) electrons. The highest BCUT2D eigenvalue weighted by Crippen LogP contribution is 2.27. The number of anilines is 1. The second kappa shape index (κ2) is 9.02. The standard InChI is InChI=1S/C26H27N3O4/c1-32-22-10-8-21(9-11-22)27-12-14-28(15-13-27)25(30)23-17-19-5-2-3-6-20(19)18-29(23)26(31)24-7-4-16-33-24/h2-11,16,23H,12-15,17-18H2,1H3/t23-/m0/s1. The van der Waals surface area contributed by atoms with Crippen LogP contribution in [0, 0.1) is 0 Å². The number of carbonyl (C=O) groups is 2. The highest BCUT2D eigenvalue weighted by molar-refractivity contribution is 5.96. The number of hydrogen-bond donors (Lipinski definition) is 0. The Morgan fingerprint density at radius 3 is 2.30 bits per heavy atom. The smallest absolute Gasteiger partial charge is 0.290 e. The van der Waals surface area contributed by atoms with Crippen molar-refractivity contribution in [3.63, 3.8) is 0 Å². The number of carbonyl (C=O) groups excluding carboxylic acids is 2. The predicted molar refractivity (Wildman–Crippen MR) is 124 cm³/mol. The van der Waals surface area contributed by atoms with Gasteiger partial charge in [0.15, 0.2) is 5.76 Å². The lowest BCUT2D eigenvalue weighted by molar-refractivity contribution is -0.137. The van der Waals surface area contributed by atoms with E-state index in [-0.39, 0.29) is 17.6 Å². The third kappa shape index (κ3) is 4.18. The number of methoxy groups -OCH3 is 1. The summed E-state index contributed by atoms with van der Waals surface area (Å²) in [5.41, 5.74) is 3.31. The van der Waals surface area contributed by atoms with Gasteiger partial charge in [0.05, 0.1) is 13.4 Å². The fraction of sp³-hybridized carbons (Fsp3) is 0.308. The van der Waals surface area contributed by atoms with Crippen LogP contribution in [-0.4, -0.2) is 60.9 Å². The van der Waals surface area contributed by atoms with Crippen LogP contribution in [0.25, 0.3) is 0 Å². The zero-order valence-electron chi connectivity index (χ0n) is 18.6. The molecule has 1 aromatic heterocycles. The number of furan rings is 1. The highest BCUT2D eigenvalue weighted by Gasteiger charge is 2.38. The summed E-state index contributed by atoms with van der Waals surface area (Å²) in [4.78, 5) is 32.7. The maximum absolute atomic E-state index is 13.6. The van der Waals surface area contributed by atoms with Crippen LogP contribution in [0.15, 0.2) is 71.3 Å². The maximum Gasteiger partial charge on any atom is 0.290 e. The van der Waals surface area contributed by atoms with E-state index in [2.05, 4.69) is 4.90 Å². The van der Waals surface area contributed by atoms with Crippen LogP contribution in [0.5, 0.6) is 5.75 Å². The lowest BCUT2D eigenvalue weighted by Gasteiger charge is -2.41. The van der Waals surface area contributed by atoms with Crippen molar-refractivity contribution < 1.29 is 18.7 Å². The van der Waals surface area contributed by atoms with E-state index in [0.717, 1.165) is 35.7 Å². The molecule has 3 aromatic rings. The summed E-state index contributed by atoms with van der Waals surface area (Å²) in [6.45, 7) is 3.12. The van der Waals surface area contributed by atoms with Crippen molar-refractivity contribution in [1.82, 2.24) is 9.80 Å². The first-order valence-electron chi connectivity index (χ1n) is 11.2. The van der Waals surface area contributed by atoms with Crippen molar-refractivity contribution in [1.29, 1.82) is 0 Å². The summed E-state index contributed by atoms with van der Waals surface area (Å²) < 4.78 is 10.6. The fourth-order valence-electron chi connectivity index (χ4n) is 4.69. The van der Waals surface area contributed by atoms with Gasteiger partial charge in [0.2, 0.25) is 5.91 Å². The van der Waals surface area contributed by atoms with Crippen LogP contribution >= 0.6 is 0 Å². The monoisotopic (exact) mass is 445 g/mol. The average molecular weight is 446 g/mol. The summed E-state index contributed by atoms with van der Waals surface area (Å²) in [5, 5.41) is 0. The van der Waals surface area contributed by atoms with Gasteiger partial charge in [-0.05, 0) is 47.5 Å². The number of benzene rings is 2. The van der Waals surface area contributed by atoms with E-state index < -0.39 is 6.04 Å². The molecule has 1 atom stereocenters. The Morgan fingerprint density at radius 2 is 1.64 bits per heavy atom. The molecule has 3 heterocycles. The van der Waals surface area contributed by atoms with E-state index in [0.29, 0.717) is 26.1 Å². The van der Waals surface area contributed by atoms with Crippen LogP contribution in [0.3, 0.4) is 0 Å². The Morgan fingerprint density at radius 1 is 0.909 bits per heavy atom. The van der Waals surface area contributed by atoms with Gasteiger partial charge in [0, 0.05) is 44.8 Å². The van der Waals surface area contributed by atoms with E-state index in [4.69, 9.17) is 9.15 Å². The Kier molecular flexibility index (Phi) is 5.77. The number of ether oxygens (including phenoxy) is 1. The SMILES string of the molecule is COc1ccc(N2CCN(C(=O)[C@@H]3Cc4ccccc4CN3C(=O)c3ccco3)CC2)cc1. The summed E-state index contributed by atoms with van der Waals surface area (Å²) in [7, 11) is 1.66. The van der Waals surface area contributed by atoms with Crippen molar-refractivity contribution in [2.75, 3.05) is 38.2 Å². The molecule has 0 saturated carbocycles. The van der Waals surface area contributed by atoms with E-state index >= 15 is 0 Å². The van der Waals surface area contributed by atoms with Crippen molar-refractivity contribution in [3.05, 3.63) is 83.8 Å². The molecule has 0 aliphatic carbocycles. The molecule has 7 nitrogen and oxygen atoms in total. The van der Waals surface area contributed by atoms with Gasteiger partial charge in [0.1, 0.15) is 11.8 Å². The molecule has 0 spiro atoms. The second-order valence-corrected chi connectivity index (χ2v) is 8.41. The van der Waals surface area contributed by atoms with Gasteiger partial charge in [-0.2, -0.15) is 0 Å². The first kappa shape index (κ1) is 21.1. The zero-order chi connectivity index (χ0) is 22.8. The maximum atomic E-state index is 13.6. The molecule has 0 N–H and O–H groups in total. The molecule has 2 aromatic carbocycles. The van der Waals surface area contributed by atoms with Gasteiger partial charge in [-0.3, -0.25) is 9.59 Å². The van der Waals surface area contributed by atoms with Crippen LogP contribution in [0.2, 0.25) is 0 Å². The molecule has 2 amide bonds. The molecule has 7 heteroatoms. The van der Waals surface area contributed by atoms with E-state index in [1.54, 1.807) is 24.1 Å². The van der Waals surface area contributed by atoms with Crippen molar-refractivity contribution in [3.8, 4) is 5.75 Å². The molecule has 33 heavy (non-hydrogen) atoms. The van der Waals surface area contributed by atoms with Crippen molar-refractivity contribution in [2.24, 2.45) is 0 Å². The third-order valence-corrected chi connectivity index (χ3v) is 6.56. The molecule has 5 rings (SSSR count). The van der Waals surface area contributed by atoms with Crippen LogP contribution in [0.4, 0.5) is 5.69 Å². The van der Waals surface area contributed by atoms with Gasteiger partial charge in [-0.25, -0.2) is 0 Å². The number of rotatable bonds is 4. The normalized spacial score (nSPS) is 18.1. The number of amides is 2. The van der Waals surface area contributed by atoms with E-state index in [1.807, 2.05) is 53.4 Å². The summed E-state index contributed by atoms with van der Waals surface area (Å²) in [5.74, 6) is 0.839. The molecule has 1 fully saturated rings. The minimum Gasteiger partial charge on any atom is -0.497 e. The van der Waals surface area contributed by atoms with Crippen molar-refractivity contribution >= 4 is 17.5 Å². The molecule has 0 unspecified atom stereocenters. The molecule has 1 saturated heterocycles. The first-order chi connectivity index (χ1) is 16.1. The predicted octanol–water partition coefficient (Wildman–Crippen LogP) is 3.20. The van der Waals surface area contributed by atoms with Gasteiger partial charge in [-0.1, -0.05) is 24.3 Å². The second-order valence-electron chi connectivity index (χ2n) is 8.41. The minimum absolute atomic E-state index is 0.00112. The number of piperazine rings is 1. The van der Waals surface area contributed by atoms with E-state index in [1.165, 1.54) is 6.26 Å². The first-order valence-corrected chi connectivity index (χ1v) is 11.2. The Hall–Kier alpha value is -3.74. The van der Waals surface area contributed by atoms with E-state index in [9.17, 15) is 9.59 Å². The Bertz CT molecular complexity index is 1120. The fourth-order valence-corrected chi connectivity index (χ4v) is 4.69. The summed E-state index contributed by atoms with van der Waals surface area (Å²) in [6, 6.07) is 18.8. The van der Waals surface area contributed by atoms with Gasteiger partial charge in [-0.15, -0.1) is 0 Å². The zero-order valence-corrected chi connectivity index (χ0v) is 18.6. The average Bonchev–Trinajstić information content (AvgIpc) is 3.42. The minimum atomic E-state index is -0.537. The van der Waals surface area contributed by atoms with Crippen molar-refractivity contribution in [2.45, 2.75) is 19.0 Å². The van der Waals surface area contributed by atoms with Gasteiger partial charge < -0.3 is 23.9 Å². The third-order valence-electron chi connectivity index (χ3n) is 6.56. The lowest BCUT2D eigenvalue weighted by atomic mass is 9.92. The number of nitrogens with zero attached hydrogens (tertiary/aromatic N) is 3. The van der Waals surface area contributed by atoms with Crippen LogP contribution in [0.1, 0.15) is 21.7 Å². The number of fused-ring (bicyclic) bond motifs is 1. The molecule has 170 valence electrons. The topological polar surface area (TPSA) is 66.2 Å². The quantitative estimate of drug-likeness (QED) is 0.617.